The van der Waals surface area contributed by atoms with Gasteiger partial charge in [-0.05, 0) is 12.5 Å². The first-order chi connectivity index (χ1) is 7.18. The molecule has 2 unspecified atom stereocenters. The SMILES string of the molecule is OC1CCOC(c2cccc(Cl)c2Cl)C1. The van der Waals surface area contributed by atoms with Gasteiger partial charge in [-0.2, -0.15) is 0 Å². The summed E-state index contributed by atoms with van der Waals surface area (Å²) in [5.41, 5.74) is 0.864. The van der Waals surface area contributed by atoms with E-state index >= 15 is 0 Å². The van der Waals surface area contributed by atoms with Crippen LogP contribution in [0.2, 0.25) is 10.0 Å². The number of halogens is 2. The quantitative estimate of drug-likeness (QED) is 0.825. The summed E-state index contributed by atoms with van der Waals surface area (Å²) in [7, 11) is 0. The molecule has 1 N–H and O–H groups in total. The van der Waals surface area contributed by atoms with Crippen molar-refractivity contribution < 1.29 is 9.84 Å². The molecule has 0 aromatic heterocycles. The Bertz CT molecular complexity index is 354. The van der Waals surface area contributed by atoms with E-state index in [1.807, 2.05) is 12.1 Å². The third kappa shape index (κ3) is 2.45. The molecule has 82 valence electrons. The standard InChI is InChI=1S/C11H12Cl2O2/c12-9-3-1-2-8(11(9)13)10-6-7(14)4-5-15-10/h1-3,7,10,14H,4-6H2. The summed E-state index contributed by atoms with van der Waals surface area (Å²) in [5.74, 6) is 0. The summed E-state index contributed by atoms with van der Waals surface area (Å²) in [6.07, 6.45) is 0.827. The fourth-order valence-corrected chi connectivity index (χ4v) is 2.19. The maximum atomic E-state index is 9.55. The van der Waals surface area contributed by atoms with Crippen LogP contribution < -0.4 is 0 Å². The molecule has 1 heterocycles. The van der Waals surface area contributed by atoms with Crippen LogP contribution in [0.25, 0.3) is 0 Å². The van der Waals surface area contributed by atoms with Crippen LogP contribution in [0.1, 0.15) is 24.5 Å². The highest BCUT2D eigenvalue weighted by molar-refractivity contribution is 6.42. The van der Waals surface area contributed by atoms with Gasteiger partial charge in [0, 0.05) is 18.6 Å². The summed E-state index contributed by atoms with van der Waals surface area (Å²) in [5, 5.41) is 10.6. The highest BCUT2D eigenvalue weighted by Gasteiger charge is 2.24. The van der Waals surface area contributed by atoms with Crippen molar-refractivity contribution in [1.82, 2.24) is 0 Å². The molecule has 0 amide bonds. The summed E-state index contributed by atoms with van der Waals surface area (Å²) in [6.45, 7) is 0.564. The fourth-order valence-electron chi connectivity index (χ4n) is 1.77. The number of ether oxygens (including phenoxy) is 1. The van der Waals surface area contributed by atoms with Crippen molar-refractivity contribution in [2.75, 3.05) is 6.61 Å². The predicted octanol–water partition coefficient (Wildman–Crippen LogP) is 3.21. The van der Waals surface area contributed by atoms with Gasteiger partial charge in [0.25, 0.3) is 0 Å². The molecule has 1 aliphatic heterocycles. The fraction of sp³-hybridized carbons (Fsp3) is 0.455. The predicted molar refractivity (Wildman–Crippen MR) is 60.4 cm³/mol. The van der Waals surface area contributed by atoms with E-state index in [4.69, 9.17) is 27.9 Å². The molecular weight excluding hydrogens is 235 g/mol. The summed E-state index contributed by atoms with van der Waals surface area (Å²) < 4.78 is 5.57. The Labute approximate surface area is 98.8 Å². The Morgan fingerprint density at radius 2 is 2.13 bits per heavy atom. The van der Waals surface area contributed by atoms with Crippen molar-refractivity contribution in [3.63, 3.8) is 0 Å². The van der Waals surface area contributed by atoms with E-state index in [0.29, 0.717) is 29.5 Å². The van der Waals surface area contributed by atoms with E-state index < -0.39 is 0 Å². The average molecular weight is 247 g/mol. The molecule has 15 heavy (non-hydrogen) atoms. The molecule has 0 bridgehead atoms. The molecule has 0 radical (unpaired) electrons. The van der Waals surface area contributed by atoms with Gasteiger partial charge in [-0.25, -0.2) is 0 Å². The minimum atomic E-state index is -0.307. The molecule has 1 aromatic carbocycles. The van der Waals surface area contributed by atoms with Gasteiger partial charge in [0.05, 0.1) is 22.3 Å². The third-order valence-corrected chi connectivity index (χ3v) is 3.42. The van der Waals surface area contributed by atoms with E-state index in [1.54, 1.807) is 6.07 Å². The summed E-state index contributed by atoms with van der Waals surface area (Å²) >= 11 is 12.0. The van der Waals surface area contributed by atoms with E-state index in [1.165, 1.54) is 0 Å². The maximum Gasteiger partial charge on any atom is 0.0864 e. The van der Waals surface area contributed by atoms with Gasteiger partial charge in [-0.15, -0.1) is 0 Å². The zero-order chi connectivity index (χ0) is 10.8. The molecule has 2 nitrogen and oxygen atoms in total. The second-order valence-electron chi connectivity index (χ2n) is 3.68. The Morgan fingerprint density at radius 1 is 1.33 bits per heavy atom. The smallest absolute Gasteiger partial charge is 0.0864 e. The van der Waals surface area contributed by atoms with Crippen molar-refractivity contribution in [1.29, 1.82) is 0 Å². The average Bonchev–Trinajstić information content (AvgIpc) is 2.22. The zero-order valence-electron chi connectivity index (χ0n) is 8.12. The van der Waals surface area contributed by atoms with Crippen molar-refractivity contribution >= 4 is 23.2 Å². The van der Waals surface area contributed by atoms with Crippen LogP contribution in [0, 0.1) is 0 Å². The Balaban J connectivity index is 2.24. The minimum Gasteiger partial charge on any atom is -0.393 e. The highest BCUT2D eigenvalue weighted by atomic mass is 35.5. The molecule has 1 aliphatic rings. The Morgan fingerprint density at radius 3 is 2.87 bits per heavy atom. The lowest BCUT2D eigenvalue weighted by Crippen LogP contribution is -2.23. The van der Waals surface area contributed by atoms with Crippen LogP contribution in [0.3, 0.4) is 0 Å². The number of hydrogen-bond acceptors (Lipinski definition) is 2. The van der Waals surface area contributed by atoms with Crippen molar-refractivity contribution in [2.45, 2.75) is 25.0 Å². The molecule has 4 heteroatoms. The van der Waals surface area contributed by atoms with Gasteiger partial charge in [0.1, 0.15) is 0 Å². The van der Waals surface area contributed by atoms with Crippen molar-refractivity contribution in [3.8, 4) is 0 Å². The Kier molecular flexibility index (Phi) is 3.52. The van der Waals surface area contributed by atoms with Crippen LogP contribution in [0.4, 0.5) is 0 Å². The lowest BCUT2D eigenvalue weighted by molar-refractivity contribution is -0.0447. The first-order valence-electron chi connectivity index (χ1n) is 4.92. The highest BCUT2D eigenvalue weighted by Crippen LogP contribution is 2.35. The van der Waals surface area contributed by atoms with Gasteiger partial charge in [0.2, 0.25) is 0 Å². The second-order valence-corrected chi connectivity index (χ2v) is 4.47. The first kappa shape index (κ1) is 11.2. The Hall–Kier alpha value is -0.280. The minimum absolute atomic E-state index is 0.139. The number of aliphatic hydroxyl groups is 1. The molecule has 2 atom stereocenters. The van der Waals surface area contributed by atoms with Gasteiger partial charge < -0.3 is 9.84 Å². The third-order valence-electron chi connectivity index (χ3n) is 2.58. The van der Waals surface area contributed by atoms with E-state index in [-0.39, 0.29) is 12.2 Å². The monoisotopic (exact) mass is 246 g/mol. The van der Waals surface area contributed by atoms with Gasteiger partial charge >= 0.3 is 0 Å². The van der Waals surface area contributed by atoms with Crippen LogP contribution in [-0.4, -0.2) is 17.8 Å². The second kappa shape index (κ2) is 4.71. The van der Waals surface area contributed by atoms with E-state index in [9.17, 15) is 5.11 Å². The topological polar surface area (TPSA) is 29.5 Å². The van der Waals surface area contributed by atoms with Crippen LogP contribution in [-0.2, 0) is 4.74 Å². The molecule has 2 rings (SSSR count). The maximum absolute atomic E-state index is 9.55. The largest absolute Gasteiger partial charge is 0.393 e. The van der Waals surface area contributed by atoms with Crippen LogP contribution in [0.15, 0.2) is 18.2 Å². The van der Waals surface area contributed by atoms with Gasteiger partial charge in [-0.3, -0.25) is 0 Å². The van der Waals surface area contributed by atoms with Crippen molar-refractivity contribution in [2.24, 2.45) is 0 Å². The zero-order valence-corrected chi connectivity index (χ0v) is 9.63. The van der Waals surface area contributed by atoms with E-state index in [2.05, 4.69) is 0 Å². The summed E-state index contributed by atoms with van der Waals surface area (Å²) in [4.78, 5) is 0. The molecule has 0 saturated carbocycles. The molecular formula is C11H12Cl2O2. The van der Waals surface area contributed by atoms with Crippen LogP contribution in [0.5, 0.6) is 0 Å². The lowest BCUT2D eigenvalue weighted by Gasteiger charge is -2.27. The van der Waals surface area contributed by atoms with Crippen molar-refractivity contribution in [3.05, 3.63) is 33.8 Å². The number of aliphatic hydroxyl groups excluding tert-OH is 1. The van der Waals surface area contributed by atoms with Gasteiger partial charge in [-0.1, -0.05) is 35.3 Å². The molecule has 0 aliphatic carbocycles. The number of hydrogen-bond donors (Lipinski definition) is 1. The first-order valence-corrected chi connectivity index (χ1v) is 5.67. The lowest BCUT2D eigenvalue weighted by atomic mass is 9.99. The van der Waals surface area contributed by atoms with Gasteiger partial charge in [0.15, 0.2) is 0 Å². The summed E-state index contributed by atoms with van der Waals surface area (Å²) in [6, 6.07) is 5.47. The molecule has 0 spiro atoms. The van der Waals surface area contributed by atoms with Crippen LogP contribution >= 0.6 is 23.2 Å². The molecule has 1 fully saturated rings. The number of benzene rings is 1. The van der Waals surface area contributed by atoms with E-state index in [0.717, 1.165) is 5.56 Å². The normalized spacial score (nSPS) is 26.6. The molecule has 1 aromatic rings. The molecule has 1 saturated heterocycles. The number of rotatable bonds is 1.